The summed E-state index contributed by atoms with van der Waals surface area (Å²) in [4.78, 5) is 9.98. The Hall–Kier alpha value is -0.0100. The summed E-state index contributed by atoms with van der Waals surface area (Å²) in [5.41, 5.74) is 5.45. The van der Waals surface area contributed by atoms with E-state index >= 15 is 0 Å². The molecule has 0 fully saturated rings. The summed E-state index contributed by atoms with van der Waals surface area (Å²) in [6.07, 6.45) is 37.3. The molecule has 0 aliphatic carbocycles. The highest BCUT2D eigenvalue weighted by atomic mass is 31.2. The maximum Gasteiger partial charge on any atom is 0.472 e. The van der Waals surface area contributed by atoms with Gasteiger partial charge >= 0.3 is 7.82 Å². The number of hydrogen-bond donors (Lipinski definition) is 2. The van der Waals surface area contributed by atoms with Crippen LogP contribution in [0.4, 0.5) is 0 Å². The smallest absolute Gasteiger partial charge is 0.379 e. The molecule has 0 aliphatic heterocycles. The Labute approximate surface area is 286 Å². The van der Waals surface area contributed by atoms with Gasteiger partial charge in [0.1, 0.15) is 6.10 Å². The van der Waals surface area contributed by atoms with Crippen molar-refractivity contribution in [3.63, 3.8) is 0 Å². The van der Waals surface area contributed by atoms with Crippen molar-refractivity contribution in [3.05, 3.63) is 0 Å². The minimum atomic E-state index is -4.12. The number of nitrogens with two attached hydrogens (primary N) is 1. The molecule has 0 spiro atoms. The number of hydrogen-bond acceptors (Lipinski definition) is 6. The molecule has 2 atom stereocenters. The molecule has 0 radical (unpaired) electrons. The van der Waals surface area contributed by atoms with E-state index in [1.54, 1.807) is 0 Å². The summed E-state index contributed by atoms with van der Waals surface area (Å²) in [6.45, 7) is 6.69. The number of phosphoric ester groups is 1. The van der Waals surface area contributed by atoms with Crippen molar-refractivity contribution < 1.29 is 28.0 Å². The fourth-order valence-corrected chi connectivity index (χ4v) is 6.57. The maximum absolute atomic E-state index is 12.2. The molecule has 7 nitrogen and oxygen atoms in total. The Kier molecular flexibility index (Phi) is 37.8. The van der Waals surface area contributed by atoms with Crippen LogP contribution in [0.15, 0.2) is 0 Å². The summed E-state index contributed by atoms with van der Waals surface area (Å²) >= 11 is 0. The molecule has 0 amide bonds. The number of phosphoric acid groups is 1. The van der Waals surface area contributed by atoms with Gasteiger partial charge in [0.15, 0.2) is 0 Å². The predicted octanol–water partition coefficient (Wildman–Crippen LogP) is 11.8. The summed E-state index contributed by atoms with van der Waals surface area (Å²) in [6, 6.07) is 0. The van der Waals surface area contributed by atoms with Gasteiger partial charge in [-0.05, 0) is 25.8 Å². The standard InChI is InChI=1S/C38H80NO6P/c1-3-5-7-9-11-13-15-17-19-21-23-25-27-29-33-42-36-38(37-45-46(40,41)44-35-31-32-39)43-34-30-28-26-24-22-20-18-16-14-12-10-8-6-4-2/h38H,3-37,39H2,1-2H3,(H,40,41). The van der Waals surface area contributed by atoms with Crippen LogP contribution in [-0.2, 0) is 23.1 Å². The number of rotatable bonds is 40. The minimum absolute atomic E-state index is 0.0201. The average molecular weight is 678 g/mol. The van der Waals surface area contributed by atoms with E-state index in [-0.39, 0.29) is 19.3 Å². The van der Waals surface area contributed by atoms with E-state index in [1.807, 2.05) is 0 Å². The summed E-state index contributed by atoms with van der Waals surface area (Å²) in [5.74, 6) is 0. The Bertz CT molecular complexity index is 626. The van der Waals surface area contributed by atoms with Crippen LogP contribution < -0.4 is 5.73 Å². The van der Waals surface area contributed by atoms with Gasteiger partial charge in [-0.3, -0.25) is 9.05 Å². The lowest BCUT2D eigenvalue weighted by Gasteiger charge is -2.20. The molecule has 0 saturated heterocycles. The highest BCUT2D eigenvalue weighted by molar-refractivity contribution is 7.47. The third-order valence-corrected chi connectivity index (χ3v) is 9.81. The van der Waals surface area contributed by atoms with Gasteiger partial charge in [0.05, 0.1) is 19.8 Å². The van der Waals surface area contributed by atoms with Crippen molar-refractivity contribution >= 4 is 7.82 Å². The van der Waals surface area contributed by atoms with Gasteiger partial charge < -0.3 is 20.1 Å². The molecule has 3 N–H and O–H groups in total. The molecule has 0 rings (SSSR count). The zero-order valence-electron chi connectivity index (χ0n) is 30.8. The van der Waals surface area contributed by atoms with Gasteiger partial charge in [0.2, 0.25) is 0 Å². The lowest BCUT2D eigenvalue weighted by atomic mass is 10.0. The van der Waals surface area contributed by atoms with Crippen molar-refractivity contribution in [3.8, 4) is 0 Å². The lowest BCUT2D eigenvalue weighted by Crippen LogP contribution is -2.26. The largest absolute Gasteiger partial charge is 0.472 e. The van der Waals surface area contributed by atoms with Crippen molar-refractivity contribution in [1.29, 1.82) is 0 Å². The maximum atomic E-state index is 12.2. The van der Waals surface area contributed by atoms with Crippen molar-refractivity contribution in [2.45, 2.75) is 206 Å². The normalized spacial score (nSPS) is 13.7. The van der Waals surface area contributed by atoms with Crippen LogP contribution in [0.25, 0.3) is 0 Å². The first kappa shape index (κ1) is 46.0. The third kappa shape index (κ3) is 36.8. The van der Waals surface area contributed by atoms with Gasteiger partial charge in [-0.25, -0.2) is 4.57 Å². The molecular formula is C38H80NO6P. The number of ether oxygens (including phenoxy) is 2. The Balaban J connectivity index is 3.95. The highest BCUT2D eigenvalue weighted by Gasteiger charge is 2.23. The van der Waals surface area contributed by atoms with Crippen LogP contribution in [0.3, 0.4) is 0 Å². The van der Waals surface area contributed by atoms with Crippen molar-refractivity contribution in [1.82, 2.24) is 0 Å². The molecule has 0 aliphatic rings. The minimum Gasteiger partial charge on any atom is -0.379 e. The van der Waals surface area contributed by atoms with Crippen molar-refractivity contribution in [2.24, 2.45) is 5.73 Å². The van der Waals surface area contributed by atoms with Crippen LogP contribution >= 0.6 is 7.82 Å². The lowest BCUT2D eigenvalue weighted by molar-refractivity contribution is -0.0444. The summed E-state index contributed by atoms with van der Waals surface area (Å²) in [7, 11) is -4.12. The first-order valence-corrected chi connectivity index (χ1v) is 21.6. The first-order chi connectivity index (χ1) is 22.6. The molecule has 0 saturated carbocycles. The number of unbranched alkanes of at least 4 members (excludes halogenated alkanes) is 26. The van der Waals surface area contributed by atoms with Crippen LogP contribution in [0, 0.1) is 0 Å². The van der Waals surface area contributed by atoms with E-state index in [9.17, 15) is 9.46 Å². The van der Waals surface area contributed by atoms with Gasteiger partial charge in [0.25, 0.3) is 0 Å². The van der Waals surface area contributed by atoms with E-state index < -0.39 is 7.82 Å². The zero-order valence-corrected chi connectivity index (χ0v) is 31.7. The molecule has 0 aromatic carbocycles. The Morgan fingerprint density at radius 2 is 0.848 bits per heavy atom. The van der Waals surface area contributed by atoms with Crippen LogP contribution in [0.1, 0.15) is 200 Å². The van der Waals surface area contributed by atoms with E-state index in [1.165, 1.54) is 161 Å². The van der Waals surface area contributed by atoms with Gasteiger partial charge in [-0.15, -0.1) is 0 Å². The topological polar surface area (TPSA) is 100 Å². The molecule has 46 heavy (non-hydrogen) atoms. The monoisotopic (exact) mass is 678 g/mol. The molecule has 2 unspecified atom stereocenters. The van der Waals surface area contributed by atoms with Crippen LogP contribution in [0.5, 0.6) is 0 Å². The molecule has 0 aromatic heterocycles. The SMILES string of the molecule is CCCCCCCCCCCCCCCCOCC(COP(=O)(O)OCCCN)OCCCCCCCCCCCCCCCC. The van der Waals surface area contributed by atoms with E-state index in [0.29, 0.717) is 32.8 Å². The predicted molar refractivity (Wildman–Crippen MR) is 197 cm³/mol. The Morgan fingerprint density at radius 3 is 1.24 bits per heavy atom. The van der Waals surface area contributed by atoms with E-state index in [4.69, 9.17) is 24.3 Å². The molecule has 0 heterocycles. The second-order valence-electron chi connectivity index (χ2n) is 13.5. The zero-order chi connectivity index (χ0) is 33.7. The second kappa shape index (κ2) is 37.8. The molecule has 0 aromatic rings. The summed E-state index contributed by atoms with van der Waals surface area (Å²) < 4.78 is 34.4. The van der Waals surface area contributed by atoms with Crippen LogP contribution in [-0.4, -0.2) is 50.6 Å². The van der Waals surface area contributed by atoms with Crippen molar-refractivity contribution in [2.75, 3.05) is 39.6 Å². The van der Waals surface area contributed by atoms with E-state index in [2.05, 4.69) is 13.8 Å². The second-order valence-corrected chi connectivity index (χ2v) is 15.0. The first-order valence-electron chi connectivity index (χ1n) is 20.1. The molecule has 8 heteroatoms. The third-order valence-electron chi connectivity index (χ3n) is 8.82. The quantitative estimate of drug-likeness (QED) is 0.0491. The fourth-order valence-electron chi connectivity index (χ4n) is 5.78. The molecule has 0 bridgehead atoms. The van der Waals surface area contributed by atoms with Gasteiger partial charge in [-0.1, -0.05) is 181 Å². The Morgan fingerprint density at radius 1 is 0.478 bits per heavy atom. The summed E-state index contributed by atoms with van der Waals surface area (Å²) in [5, 5.41) is 0. The highest BCUT2D eigenvalue weighted by Crippen LogP contribution is 2.43. The van der Waals surface area contributed by atoms with E-state index in [0.717, 1.165) is 19.3 Å². The molecular weight excluding hydrogens is 597 g/mol. The molecule has 278 valence electrons. The van der Waals surface area contributed by atoms with Crippen LogP contribution in [0.2, 0.25) is 0 Å². The average Bonchev–Trinajstić information content (AvgIpc) is 3.04. The van der Waals surface area contributed by atoms with Gasteiger partial charge in [-0.2, -0.15) is 0 Å². The fraction of sp³-hybridized carbons (Fsp3) is 1.00. The van der Waals surface area contributed by atoms with Gasteiger partial charge in [0, 0.05) is 13.2 Å².